The number of hydrogen-bond donors (Lipinski definition) is 2. The van der Waals surface area contributed by atoms with Gasteiger partial charge >= 0.3 is 0 Å². The van der Waals surface area contributed by atoms with Crippen LogP contribution < -0.4 is 11.1 Å². The van der Waals surface area contributed by atoms with Gasteiger partial charge in [-0.05, 0) is 50.9 Å². The molecule has 2 unspecified atom stereocenters. The molecule has 0 aromatic rings. The lowest BCUT2D eigenvalue weighted by Crippen LogP contribution is -2.43. The molecule has 0 spiro atoms. The molecule has 1 amide bonds. The Balaban J connectivity index is 0.00000220. The average molecular weight is 317 g/mol. The Morgan fingerprint density at radius 1 is 1.14 bits per heavy atom. The summed E-state index contributed by atoms with van der Waals surface area (Å²) < 4.78 is 0. The number of halogens is 1. The van der Waals surface area contributed by atoms with E-state index in [2.05, 4.69) is 12.2 Å². The molecule has 21 heavy (non-hydrogen) atoms. The minimum atomic E-state index is 0. The molecule has 0 saturated heterocycles. The Kier molecular flexibility index (Phi) is 8.65. The van der Waals surface area contributed by atoms with E-state index < -0.39 is 0 Å². The number of amides is 1. The van der Waals surface area contributed by atoms with Crippen LogP contribution in [0.5, 0.6) is 0 Å². The molecule has 0 bridgehead atoms. The van der Waals surface area contributed by atoms with E-state index in [0.717, 1.165) is 31.6 Å². The fourth-order valence-electron chi connectivity index (χ4n) is 3.87. The number of nitrogens with two attached hydrogens (primary N) is 1. The number of nitrogens with one attached hydrogen (secondary N) is 1. The van der Waals surface area contributed by atoms with Crippen molar-refractivity contribution in [3.05, 3.63) is 0 Å². The van der Waals surface area contributed by atoms with Gasteiger partial charge in [-0.2, -0.15) is 0 Å². The number of carbonyl (C=O) groups excluding carboxylic acids is 1. The third-order valence-electron chi connectivity index (χ3n) is 5.24. The van der Waals surface area contributed by atoms with Gasteiger partial charge < -0.3 is 11.1 Å². The van der Waals surface area contributed by atoms with Crippen LogP contribution in [0.15, 0.2) is 0 Å². The Morgan fingerprint density at radius 2 is 1.86 bits per heavy atom. The van der Waals surface area contributed by atoms with Crippen molar-refractivity contribution in [2.75, 3.05) is 0 Å². The van der Waals surface area contributed by atoms with Gasteiger partial charge in [0.2, 0.25) is 5.91 Å². The summed E-state index contributed by atoms with van der Waals surface area (Å²) in [5.74, 6) is 1.36. The fraction of sp³-hybridized carbons (Fsp3) is 0.941. The van der Waals surface area contributed by atoms with E-state index in [9.17, 15) is 4.79 Å². The van der Waals surface area contributed by atoms with Crippen LogP contribution in [0.1, 0.15) is 77.6 Å². The van der Waals surface area contributed by atoms with E-state index in [0.29, 0.717) is 6.04 Å². The molecule has 3 nitrogen and oxygen atoms in total. The summed E-state index contributed by atoms with van der Waals surface area (Å²) in [4.78, 5) is 12.3. The van der Waals surface area contributed by atoms with Gasteiger partial charge in [0.25, 0.3) is 0 Å². The summed E-state index contributed by atoms with van der Waals surface area (Å²) in [5, 5.41) is 3.29. The molecule has 124 valence electrons. The van der Waals surface area contributed by atoms with Gasteiger partial charge in [0.1, 0.15) is 0 Å². The van der Waals surface area contributed by atoms with E-state index in [1.54, 1.807) is 0 Å². The predicted molar refractivity (Wildman–Crippen MR) is 90.6 cm³/mol. The molecule has 2 atom stereocenters. The lowest BCUT2D eigenvalue weighted by atomic mass is 9.82. The van der Waals surface area contributed by atoms with E-state index >= 15 is 0 Å². The Bertz CT molecular complexity index is 303. The van der Waals surface area contributed by atoms with Gasteiger partial charge in [-0.3, -0.25) is 4.79 Å². The van der Waals surface area contributed by atoms with Gasteiger partial charge in [0.05, 0.1) is 0 Å². The first-order chi connectivity index (χ1) is 9.69. The first kappa shape index (κ1) is 18.8. The highest BCUT2D eigenvalue weighted by molar-refractivity contribution is 5.85. The molecular weight excluding hydrogens is 284 g/mol. The second-order valence-corrected chi connectivity index (χ2v) is 6.99. The van der Waals surface area contributed by atoms with Crippen molar-refractivity contribution < 1.29 is 4.79 Å². The lowest BCUT2D eigenvalue weighted by Gasteiger charge is -2.32. The van der Waals surface area contributed by atoms with Crippen molar-refractivity contribution >= 4 is 18.3 Å². The van der Waals surface area contributed by atoms with Crippen LogP contribution in [-0.4, -0.2) is 18.0 Å². The SMILES string of the molecule is CCCCC1CCC(NC(=O)C2CCCC(N)C2)CC1.Cl. The molecule has 3 N–H and O–H groups in total. The van der Waals surface area contributed by atoms with E-state index in [1.165, 1.54) is 44.9 Å². The van der Waals surface area contributed by atoms with Gasteiger partial charge in [-0.1, -0.05) is 32.6 Å². The molecule has 2 aliphatic carbocycles. The largest absolute Gasteiger partial charge is 0.353 e. The molecule has 0 aliphatic heterocycles. The Labute approximate surface area is 136 Å². The maximum Gasteiger partial charge on any atom is 0.223 e. The van der Waals surface area contributed by atoms with Crippen LogP contribution in [0.25, 0.3) is 0 Å². The van der Waals surface area contributed by atoms with Crippen molar-refractivity contribution in [2.24, 2.45) is 17.6 Å². The van der Waals surface area contributed by atoms with Crippen molar-refractivity contribution in [1.82, 2.24) is 5.32 Å². The minimum Gasteiger partial charge on any atom is -0.353 e. The second kappa shape index (κ2) is 9.68. The quantitative estimate of drug-likeness (QED) is 0.810. The number of rotatable bonds is 5. The van der Waals surface area contributed by atoms with Crippen LogP contribution in [0.4, 0.5) is 0 Å². The first-order valence-corrected chi connectivity index (χ1v) is 8.75. The summed E-state index contributed by atoms with van der Waals surface area (Å²) in [7, 11) is 0. The highest BCUT2D eigenvalue weighted by atomic mass is 35.5. The first-order valence-electron chi connectivity index (χ1n) is 8.75. The predicted octanol–water partition coefficient (Wildman–Crippen LogP) is 3.79. The molecule has 0 radical (unpaired) electrons. The number of unbranched alkanes of at least 4 members (excludes halogenated alkanes) is 1. The van der Waals surface area contributed by atoms with E-state index in [4.69, 9.17) is 5.73 Å². The van der Waals surface area contributed by atoms with Crippen LogP contribution in [0.3, 0.4) is 0 Å². The van der Waals surface area contributed by atoms with Gasteiger partial charge in [-0.25, -0.2) is 0 Å². The zero-order valence-corrected chi connectivity index (χ0v) is 14.3. The number of carbonyl (C=O) groups is 1. The molecule has 2 aliphatic rings. The van der Waals surface area contributed by atoms with Crippen LogP contribution in [-0.2, 0) is 4.79 Å². The summed E-state index contributed by atoms with van der Waals surface area (Å²) in [5.41, 5.74) is 5.98. The standard InChI is InChI=1S/C17H32N2O.ClH/c1-2-3-5-13-8-10-16(11-9-13)19-17(20)14-6-4-7-15(18)12-14;/h13-16H,2-12,18H2,1H3,(H,19,20);1H. The maximum atomic E-state index is 12.3. The number of hydrogen-bond acceptors (Lipinski definition) is 2. The van der Waals surface area contributed by atoms with Crippen molar-refractivity contribution in [3.8, 4) is 0 Å². The monoisotopic (exact) mass is 316 g/mol. The molecule has 0 aromatic carbocycles. The van der Waals surface area contributed by atoms with Crippen LogP contribution in [0, 0.1) is 11.8 Å². The topological polar surface area (TPSA) is 55.1 Å². The highest BCUT2D eigenvalue weighted by Crippen LogP contribution is 2.29. The molecule has 2 fully saturated rings. The van der Waals surface area contributed by atoms with E-state index in [-0.39, 0.29) is 30.3 Å². The van der Waals surface area contributed by atoms with Crippen molar-refractivity contribution in [3.63, 3.8) is 0 Å². The lowest BCUT2D eigenvalue weighted by molar-refractivity contribution is -0.127. The minimum absolute atomic E-state index is 0. The fourth-order valence-corrected chi connectivity index (χ4v) is 3.87. The normalized spacial score (nSPS) is 33.0. The van der Waals surface area contributed by atoms with Gasteiger partial charge in [0.15, 0.2) is 0 Å². The summed E-state index contributed by atoms with van der Waals surface area (Å²) in [6, 6.07) is 0.669. The third kappa shape index (κ3) is 6.15. The van der Waals surface area contributed by atoms with Crippen molar-refractivity contribution in [1.29, 1.82) is 0 Å². The van der Waals surface area contributed by atoms with Gasteiger partial charge in [-0.15, -0.1) is 12.4 Å². The summed E-state index contributed by atoms with van der Waals surface area (Å²) >= 11 is 0. The van der Waals surface area contributed by atoms with Crippen LogP contribution in [0.2, 0.25) is 0 Å². The molecule has 2 saturated carbocycles. The van der Waals surface area contributed by atoms with Crippen molar-refractivity contribution in [2.45, 2.75) is 89.6 Å². The second-order valence-electron chi connectivity index (χ2n) is 6.99. The maximum absolute atomic E-state index is 12.3. The Morgan fingerprint density at radius 3 is 2.48 bits per heavy atom. The molecule has 4 heteroatoms. The third-order valence-corrected chi connectivity index (χ3v) is 5.24. The molecule has 0 aromatic heterocycles. The van der Waals surface area contributed by atoms with Gasteiger partial charge in [0, 0.05) is 18.0 Å². The zero-order chi connectivity index (χ0) is 14.4. The molecular formula is C17H33ClN2O. The Hall–Kier alpha value is -0.280. The zero-order valence-electron chi connectivity index (χ0n) is 13.5. The molecule has 0 heterocycles. The van der Waals surface area contributed by atoms with E-state index in [1.807, 2.05) is 0 Å². The van der Waals surface area contributed by atoms with Crippen LogP contribution >= 0.6 is 12.4 Å². The highest BCUT2D eigenvalue weighted by Gasteiger charge is 2.28. The summed E-state index contributed by atoms with van der Waals surface area (Å²) in [6.07, 6.45) is 13.1. The average Bonchev–Trinajstić information content (AvgIpc) is 2.46. The summed E-state index contributed by atoms with van der Waals surface area (Å²) in [6.45, 7) is 2.26. The molecule has 2 rings (SSSR count). The smallest absolute Gasteiger partial charge is 0.223 e.